The van der Waals surface area contributed by atoms with Crippen LogP contribution in [0.4, 0.5) is 11.5 Å². The van der Waals surface area contributed by atoms with Crippen LogP contribution < -0.4 is 10.2 Å². The summed E-state index contributed by atoms with van der Waals surface area (Å²) in [6.45, 7) is 4.08. The number of anilines is 2. The van der Waals surface area contributed by atoms with E-state index in [4.69, 9.17) is 0 Å². The normalized spacial score (nSPS) is 13.6. The lowest BCUT2D eigenvalue weighted by Crippen LogP contribution is -2.19. The van der Waals surface area contributed by atoms with Gasteiger partial charge in [-0.25, -0.2) is 9.97 Å². The molecule has 1 N–H and O–H groups in total. The molecule has 1 fully saturated rings. The van der Waals surface area contributed by atoms with E-state index in [1.165, 1.54) is 12.8 Å². The molecule has 2 aromatic carbocycles. The van der Waals surface area contributed by atoms with Crippen LogP contribution in [-0.2, 0) is 0 Å². The third kappa shape index (κ3) is 3.82. The molecule has 2 heterocycles. The first-order valence-corrected chi connectivity index (χ1v) is 9.25. The standard InChI is InChI=1S/C22H22N4O/c1-16-6-2-3-7-19(16)25-22(27)18-10-8-17(9-11-18)20-14-21(24-15-23-20)26-12-4-5-13-26/h2-3,6-11,14-15H,4-5,12-13H2,1H3,(H,25,27). The summed E-state index contributed by atoms with van der Waals surface area (Å²) in [5.74, 6) is 0.857. The predicted molar refractivity (Wildman–Crippen MR) is 108 cm³/mol. The lowest BCUT2D eigenvalue weighted by molar-refractivity contribution is 0.102. The summed E-state index contributed by atoms with van der Waals surface area (Å²) < 4.78 is 0. The van der Waals surface area contributed by atoms with Crippen molar-refractivity contribution in [2.45, 2.75) is 19.8 Å². The fourth-order valence-corrected chi connectivity index (χ4v) is 3.32. The molecule has 0 bridgehead atoms. The van der Waals surface area contributed by atoms with Crippen molar-refractivity contribution in [3.05, 3.63) is 72.1 Å². The number of nitrogens with one attached hydrogen (secondary N) is 1. The third-order valence-electron chi connectivity index (χ3n) is 4.92. The van der Waals surface area contributed by atoms with Crippen molar-refractivity contribution in [1.82, 2.24) is 9.97 Å². The van der Waals surface area contributed by atoms with Crippen molar-refractivity contribution < 1.29 is 4.79 Å². The number of benzene rings is 2. The van der Waals surface area contributed by atoms with Gasteiger partial charge in [-0.2, -0.15) is 0 Å². The first kappa shape index (κ1) is 17.2. The van der Waals surface area contributed by atoms with E-state index in [2.05, 4.69) is 20.2 Å². The summed E-state index contributed by atoms with van der Waals surface area (Å²) in [7, 11) is 0. The maximum atomic E-state index is 12.5. The number of amides is 1. The predicted octanol–water partition coefficient (Wildman–Crippen LogP) is 4.30. The van der Waals surface area contributed by atoms with Gasteiger partial charge in [0.1, 0.15) is 12.1 Å². The zero-order chi connectivity index (χ0) is 18.6. The summed E-state index contributed by atoms with van der Waals surface area (Å²) in [5.41, 5.74) is 4.34. The van der Waals surface area contributed by atoms with E-state index in [1.807, 2.05) is 61.5 Å². The number of aryl methyl sites for hydroxylation is 1. The van der Waals surface area contributed by atoms with Crippen molar-refractivity contribution in [2.75, 3.05) is 23.3 Å². The Bertz CT molecular complexity index is 947. The molecular formula is C22H22N4O. The maximum absolute atomic E-state index is 12.5. The van der Waals surface area contributed by atoms with Crippen molar-refractivity contribution in [3.63, 3.8) is 0 Å². The first-order chi connectivity index (χ1) is 13.2. The second-order valence-corrected chi connectivity index (χ2v) is 6.80. The monoisotopic (exact) mass is 358 g/mol. The van der Waals surface area contributed by atoms with E-state index < -0.39 is 0 Å². The molecule has 1 aliphatic heterocycles. The van der Waals surface area contributed by atoms with Crippen molar-refractivity contribution in [3.8, 4) is 11.3 Å². The minimum Gasteiger partial charge on any atom is -0.357 e. The highest BCUT2D eigenvalue weighted by molar-refractivity contribution is 6.04. The average Bonchev–Trinajstić information content (AvgIpc) is 3.25. The number of hydrogen-bond donors (Lipinski definition) is 1. The van der Waals surface area contributed by atoms with E-state index in [0.29, 0.717) is 5.56 Å². The summed E-state index contributed by atoms with van der Waals surface area (Å²) in [6, 6.07) is 17.3. The van der Waals surface area contributed by atoms with Crippen LogP contribution in [0.3, 0.4) is 0 Å². The molecule has 0 atom stereocenters. The van der Waals surface area contributed by atoms with Crippen LogP contribution in [0.1, 0.15) is 28.8 Å². The molecule has 5 heteroatoms. The Hall–Kier alpha value is -3.21. The van der Waals surface area contributed by atoms with Gasteiger partial charge in [-0.15, -0.1) is 0 Å². The van der Waals surface area contributed by atoms with Crippen molar-refractivity contribution >= 4 is 17.4 Å². The van der Waals surface area contributed by atoms with Gasteiger partial charge < -0.3 is 10.2 Å². The molecule has 27 heavy (non-hydrogen) atoms. The van der Waals surface area contributed by atoms with Gasteiger partial charge in [0.05, 0.1) is 5.69 Å². The molecule has 1 amide bonds. The van der Waals surface area contributed by atoms with Gasteiger partial charge in [0, 0.05) is 36.0 Å². The molecule has 1 aromatic heterocycles. The van der Waals surface area contributed by atoms with Crippen molar-refractivity contribution in [2.24, 2.45) is 0 Å². The number of hydrogen-bond acceptors (Lipinski definition) is 4. The molecule has 3 aromatic rings. The molecule has 0 aliphatic carbocycles. The molecule has 0 saturated carbocycles. The van der Waals surface area contributed by atoms with Crippen LogP contribution in [0.15, 0.2) is 60.9 Å². The fraction of sp³-hybridized carbons (Fsp3) is 0.227. The largest absolute Gasteiger partial charge is 0.357 e. The molecule has 4 rings (SSSR count). The Morgan fingerprint density at radius 3 is 2.48 bits per heavy atom. The van der Waals surface area contributed by atoms with Crippen LogP contribution in [0.2, 0.25) is 0 Å². The lowest BCUT2D eigenvalue weighted by atomic mass is 10.1. The Morgan fingerprint density at radius 1 is 1.00 bits per heavy atom. The molecule has 1 aliphatic rings. The van der Waals surface area contributed by atoms with Crippen molar-refractivity contribution in [1.29, 1.82) is 0 Å². The number of aromatic nitrogens is 2. The Balaban J connectivity index is 1.51. The average molecular weight is 358 g/mol. The third-order valence-corrected chi connectivity index (χ3v) is 4.92. The van der Waals surface area contributed by atoms with Gasteiger partial charge in [0.25, 0.3) is 5.91 Å². The number of carbonyl (C=O) groups is 1. The Morgan fingerprint density at radius 2 is 1.74 bits per heavy atom. The highest BCUT2D eigenvalue weighted by Crippen LogP contribution is 2.24. The molecule has 0 unspecified atom stereocenters. The number of carbonyl (C=O) groups excluding carboxylic acids is 1. The van der Waals surface area contributed by atoms with Gasteiger partial charge in [-0.3, -0.25) is 4.79 Å². The molecule has 5 nitrogen and oxygen atoms in total. The summed E-state index contributed by atoms with van der Waals surface area (Å²) in [5, 5.41) is 2.96. The first-order valence-electron chi connectivity index (χ1n) is 9.25. The topological polar surface area (TPSA) is 58.1 Å². The maximum Gasteiger partial charge on any atom is 0.255 e. The van der Waals surface area contributed by atoms with E-state index in [0.717, 1.165) is 41.4 Å². The highest BCUT2D eigenvalue weighted by atomic mass is 16.1. The Kier molecular flexibility index (Phi) is 4.83. The van der Waals surface area contributed by atoms with E-state index in [9.17, 15) is 4.79 Å². The second kappa shape index (κ2) is 7.58. The Labute approximate surface area is 159 Å². The number of rotatable bonds is 4. The van der Waals surface area contributed by atoms with Gasteiger partial charge in [-0.05, 0) is 43.5 Å². The molecule has 0 radical (unpaired) electrons. The van der Waals surface area contributed by atoms with E-state index >= 15 is 0 Å². The van der Waals surface area contributed by atoms with Crippen LogP contribution in [0, 0.1) is 6.92 Å². The smallest absolute Gasteiger partial charge is 0.255 e. The molecule has 0 spiro atoms. The summed E-state index contributed by atoms with van der Waals surface area (Å²) in [4.78, 5) is 23.6. The zero-order valence-electron chi connectivity index (χ0n) is 15.4. The number of nitrogens with zero attached hydrogens (tertiary/aromatic N) is 3. The molecule has 1 saturated heterocycles. The summed E-state index contributed by atoms with van der Waals surface area (Å²) >= 11 is 0. The van der Waals surface area contributed by atoms with Crippen LogP contribution in [-0.4, -0.2) is 29.0 Å². The SMILES string of the molecule is Cc1ccccc1NC(=O)c1ccc(-c2cc(N3CCCC3)ncn2)cc1. The van der Waals surface area contributed by atoms with Gasteiger partial charge in [-0.1, -0.05) is 30.3 Å². The van der Waals surface area contributed by atoms with Gasteiger partial charge in [0.2, 0.25) is 0 Å². The minimum absolute atomic E-state index is 0.115. The molecule has 136 valence electrons. The molecular weight excluding hydrogens is 336 g/mol. The zero-order valence-corrected chi connectivity index (χ0v) is 15.4. The fourth-order valence-electron chi connectivity index (χ4n) is 3.32. The second-order valence-electron chi connectivity index (χ2n) is 6.80. The minimum atomic E-state index is -0.115. The van der Waals surface area contributed by atoms with E-state index in [-0.39, 0.29) is 5.91 Å². The van der Waals surface area contributed by atoms with Crippen LogP contribution in [0.25, 0.3) is 11.3 Å². The van der Waals surface area contributed by atoms with Gasteiger partial charge in [0.15, 0.2) is 0 Å². The lowest BCUT2D eigenvalue weighted by Gasteiger charge is -2.16. The van der Waals surface area contributed by atoms with Crippen LogP contribution >= 0.6 is 0 Å². The quantitative estimate of drug-likeness (QED) is 0.755. The van der Waals surface area contributed by atoms with E-state index in [1.54, 1.807) is 6.33 Å². The summed E-state index contributed by atoms with van der Waals surface area (Å²) in [6.07, 6.45) is 4.04. The van der Waals surface area contributed by atoms with Gasteiger partial charge >= 0.3 is 0 Å². The number of para-hydroxylation sites is 1. The van der Waals surface area contributed by atoms with Crippen LogP contribution in [0.5, 0.6) is 0 Å². The highest BCUT2D eigenvalue weighted by Gasteiger charge is 2.15.